The van der Waals surface area contributed by atoms with E-state index in [-0.39, 0.29) is 11.3 Å². The molecule has 2 N–H and O–H groups in total. The molecule has 82 valence electrons. The van der Waals surface area contributed by atoms with Gasteiger partial charge in [0.05, 0.1) is 6.54 Å². The molecule has 0 saturated carbocycles. The van der Waals surface area contributed by atoms with Gasteiger partial charge in [0.2, 0.25) is 5.91 Å². The third kappa shape index (κ3) is 5.75. The van der Waals surface area contributed by atoms with Gasteiger partial charge in [0, 0.05) is 6.54 Å². The van der Waals surface area contributed by atoms with Crippen molar-refractivity contribution in [1.82, 2.24) is 10.6 Å². The van der Waals surface area contributed by atoms with Crippen LogP contribution in [0.1, 0.15) is 27.2 Å². The third-order valence-electron chi connectivity index (χ3n) is 2.15. The maximum Gasteiger partial charge on any atom is 0.233 e. The normalized spacial score (nSPS) is 11.1. The molecule has 0 rings (SSSR count). The SMILES string of the molecule is C=C(CCNC(=O)CNC)C(C)(C)C. The van der Waals surface area contributed by atoms with Crippen molar-refractivity contribution in [1.29, 1.82) is 0 Å². The van der Waals surface area contributed by atoms with Gasteiger partial charge in [-0.1, -0.05) is 32.9 Å². The Morgan fingerprint density at radius 3 is 2.36 bits per heavy atom. The van der Waals surface area contributed by atoms with E-state index in [2.05, 4.69) is 38.0 Å². The van der Waals surface area contributed by atoms with Crippen LogP contribution in [-0.2, 0) is 4.79 Å². The number of carbonyl (C=O) groups is 1. The molecule has 3 nitrogen and oxygen atoms in total. The van der Waals surface area contributed by atoms with Gasteiger partial charge in [0.15, 0.2) is 0 Å². The lowest BCUT2D eigenvalue weighted by Gasteiger charge is -2.21. The zero-order valence-corrected chi connectivity index (χ0v) is 9.74. The summed E-state index contributed by atoms with van der Waals surface area (Å²) in [6, 6.07) is 0. The Hall–Kier alpha value is -0.830. The smallest absolute Gasteiger partial charge is 0.233 e. The maximum atomic E-state index is 11.1. The van der Waals surface area contributed by atoms with Crippen molar-refractivity contribution in [3.05, 3.63) is 12.2 Å². The van der Waals surface area contributed by atoms with Crippen LogP contribution in [0.15, 0.2) is 12.2 Å². The number of nitrogens with one attached hydrogen (secondary N) is 2. The van der Waals surface area contributed by atoms with Gasteiger partial charge in [-0.25, -0.2) is 0 Å². The summed E-state index contributed by atoms with van der Waals surface area (Å²) in [7, 11) is 1.76. The van der Waals surface area contributed by atoms with Gasteiger partial charge in [0.1, 0.15) is 0 Å². The minimum absolute atomic E-state index is 0.0363. The van der Waals surface area contributed by atoms with Crippen LogP contribution < -0.4 is 10.6 Å². The van der Waals surface area contributed by atoms with Crippen molar-refractivity contribution in [3.63, 3.8) is 0 Å². The summed E-state index contributed by atoms with van der Waals surface area (Å²) in [5.74, 6) is 0.0363. The molecule has 0 fully saturated rings. The second kappa shape index (κ2) is 5.81. The molecule has 0 aliphatic carbocycles. The number of rotatable bonds is 5. The highest BCUT2D eigenvalue weighted by atomic mass is 16.1. The minimum atomic E-state index is 0.0363. The highest BCUT2D eigenvalue weighted by Crippen LogP contribution is 2.25. The zero-order chi connectivity index (χ0) is 11.2. The number of hydrogen-bond acceptors (Lipinski definition) is 2. The van der Waals surface area contributed by atoms with Crippen molar-refractivity contribution in [2.24, 2.45) is 5.41 Å². The predicted molar refractivity (Wildman–Crippen MR) is 60.1 cm³/mol. The molecule has 14 heavy (non-hydrogen) atoms. The first-order valence-electron chi connectivity index (χ1n) is 4.97. The molecule has 0 radical (unpaired) electrons. The summed E-state index contributed by atoms with van der Waals surface area (Å²) in [5, 5.41) is 5.63. The van der Waals surface area contributed by atoms with Gasteiger partial charge in [-0.2, -0.15) is 0 Å². The Labute approximate surface area is 87.0 Å². The van der Waals surface area contributed by atoms with Crippen LogP contribution in [0, 0.1) is 5.41 Å². The summed E-state index contributed by atoms with van der Waals surface area (Å²) in [6.45, 7) is 11.4. The van der Waals surface area contributed by atoms with Gasteiger partial charge in [-0.15, -0.1) is 0 Å². The molecule has 0 saturated heterocycles. The fourth-order valence-electron chi connectivity index (χ4n) is 0.951. The first kappa shape index (κ1) is 13.2. The summed E-state index contributed by atoms with van der Waals surface area (Å²) in [5.41, 5.74) is 1.30. The molecular formula is C11H22N2O. The van der Waals surface area contributed by atoms with E-state index in [1.807, 2.05) is 0 Å². The minimum Gasteiger partial charge on any atom is -0.355 e. The molecule has 0 bridgehead atoms. The summed E-state index contributed by atoms with van der Waals surface area (Å²) in [4.78, 5) is 11.1. The second-order valence-electron chi connectivity index (χ2n) is 4.48. The Kier molecular flexibility index (Phi) is 5.46. The number of likely N-dealkylation sites (N-methyl/N-ethyl adjacent to an activating group) is 1. The molecule has 0 aliphatic heterocycles. The quantitative estimate of drug-likeness (QED) is 0.654. The number of carbonyl (C=O) groups excluding carboxylic acids is 1. The van der Waals surface area contributed by atoms with E-state index >= 15 is 0 Å². The second-order valence-corrected chi connectivity index (χ2v) is 4.48. The highest BCUT2D eigenvalue weighted by molar-refractivity contribution is 5.77. The molecular weight excluding hydrogens is 176 g/mol. The Morgan fingerprint density at radius 2 is 1.93 bits per heavy atom. The van der Waals surface area contributed by atoms with Crippen molar-refractivity contribution in [3.8, 4) is 0 Å². The highest BCUT2D eigenvalue weighted by Gasteiger charge is 2.14. The molecule has 1 amide bonds. The molecule has 0 heterocycles. The van der Waals surface area contributed by atoms with E-state index < -0.39 is 0 Å². The maximum absolute atomic E-state index is 11.1. The van der Waals surface area contributed by atoms with Crippen LogP contribution in [-0.4, -0.2) is 26.0 Å². The molecule has 3 heteroatoms. The van der Waals surface area contributed by atoms with Crippen molar-refractivity contribution in [2.45, 2.75) is 27.2 Å². The van der Waals surface area contributed by atoms with Gasteiger partial charge in [-0.3, -0.25) is 4.79 Å². The lowest BCUT2D eigenvalue weighted by Crippen LogP contribution is -2.33. The molecule has 0 aromatic carbocycles. The first-order chi connectivity index (χ1) is 6.38. The lowest BCUT2D eigenvalue weighted by molar-refractivity contribution is -0.120. The van der Waals surface area contributed by atoms with E-state index in [1.165, 1.54) is 5.57 Å². The largest absolute Gasteiger partial charge is 0.355 e. The Morgan fingerprint density at radius 1 is 1.36 bits per heavy atom. The fraction of sp³-hybridized carbons (Fsp3) is 0.727. The number of hydrogen-bond donors (Lipinski definition) is 2. The van der Waals surface area contributed by atoms with Gasteiger partial charge >= 0.3 is 0 Å². The van der Waals surface area contributed by atoms with Crippen LogP contribution in [0.5, 0.6) is 0 Å². The van der Waals surface area contributed by atoms with E-state index in [0.29, 0.717) is 13.1 Å². The standard InChI is InChI=1S/C11H22N2O/c1-9(11(2,3)4)6-7-13-10(14)8-12-5/h12H,1,6-8H2,2-5H3,(H,13,14). The average Bonchev–Trinajstić information content (AvgIpc) is 2.02. The third-order valence-corrected chi connectivity index (χ3v) is 2.15. The van der Waals surface area contributed by atoms with E-state index in [9.17, 15) is 4.79 Å². The van der Waals surface area contributed by atoms with Crippen molar-refractivity contribution < 1.29 is 4.79 Å². The van der Waals surface area contributed by atoms with E-state index in [0.717, 1.165) is 6.42 Å². The fourth-order valence-corrected chi connectivity index (χ4v) is 0.951. The zero-order valence-electron chi connectivity index (χ0n) is 9.74. The summed E-state index contributed by atoms with van der Waals surface area (Å²) < 4.78 is 0. The monoisotopic (exact) mass is 198 g/mol. The van der Waals surface area contributed by atoms with Gasteiger partial charge in [-0.05, 0) is 18.9 Å². The number of amides is 1. The summed E-state index contributed by atoms with van der Waals surface area (Å²) >= 11 is 0. The Balaban J connectivity index is 3.65. The molecule has 0 aromatic rings. The topological polar surface area (TPSA) is 41.1 Å². The van der Waals surface area contributed by atoms with Crippen LogP contribution >= 0.6 is 0 Å². The van der Waals surface area contributed by atoms with Crippen LogP contribution in [0.4, 0.5) is 0 Å². The van der Waals surface area contributed by atoms with Crippen LogP contribution in [0.2, 0.25) is 0 Å². The van der Waals surface area contributed by atoms with Gasteiger partial charge in [0.25, 0.3) is 0 Å². The van der Waals surface area contributed by atoms with E-state index in [4.69, 9.17) is 0 Å². The van der Waals surface area contributed by atoms with Crippen molar-refractivity contribution in [2.75, 3.05) is 20.1 Å². The molecule has 0 spiro atoms. The Bertz CT molecular complexity index is 204. The molecule has 0 atom stereocenters. The van der Waals surface area contributed by atoms with Crippen molar-refractivity contribution >= 4 is 5.91 Å². The molecule has 0 aromatic heterocycles. The van der Waals surface area contributed by atoms with Crippen LogP contribution in [0.25, 0.3) is 0 Å². The molecule has 0 aliphatic rings. The predicted octanol–water partition coefficient (Wildman–Crippen LogP) is 1.31. The lowest BCUT2D eigenvalue weighted by atomic mass is 9.86. The van der Waals surface area contributed by atoms with E-state index in [1.54, 1.807) is 7.05 Å². The average molecular weight is 198 g/mol. The van der Waals surface area contributed by atoms with Crippen LogP contribution in [0.3, 0.4) is 0 Å². The molecule has 0 unspecified atom stereocenters. The first-order valence-corrected chi connectivity index (χ1v) is 4.97. The summed E-state index contributed by atoms with van der Waals surface area (Å²) in [6.07, 6.45) is 0.846. The van der Waals surface area contributed by atoms with Gasteiger partial charge < -0.3 is 10.6 Å².